The standard InChI is InChI=1S/C12H24N.C9H13.C5H8.2CH3.Ti/c13-12-10-8-6-4-2-1-3-5-7-9-11-12;1-6-5-7(2)9(4)8(6)3;1-3-5-4-2;;;/h12-13H,1-11H2;6H,1-4H3;3-5H,1H2,2H3;2*1H3;/q2*-1;;2*-1;+4. The SMILES string of the molecule is C=CC=CC.CC1=[C-]C(C)C(C)=C1C.[CH3-].[CH3-].[NH-]C1CCCCCCCCCCC1.[Ti+4]. The number of allylic oxidation sites excluding steroid dienone is 7. The minimum Gasteiger partial charge on any atom is -0.675 e. The molecule has 1 N–H and O–H groups in total. The van der Waals surface area contributed by atoms with Crippen molar-refractivity contribution in [3.63, 3.8) is 0 Å². The van der Waals surface area contributed by atoms with Crippen LogP contribution in [0, 0.1) is 26.8 Å². The fourth-order valence-corrected chi connectivity index (χ4v) is 3.46. The molecule has 2 aliphatic rings. The van der Waals surface area contributed by atoms with Crippen LogP contribution in [0.4, 0.5) is 0 Å². The first-order chi connectivity index (χ1) is 12.9. The summed E-state index contributed by atoms with van der Waals surface area (Å²) in [5.74, 6) is 0.560. The van der Waals surface area contributed by atoms with Crippen molar-refractivity contribution in [2.75, 3.05) is 0 Å². The average molecular weight is 450 g/mol. The summed E-state index contributed by atoms with van der Waals surface area (Å²) in [4.78, 5) is 0. The fraction of sp³-hybridized carbons (Fsp3) is 0.643. The molecule has 0 amide bonds. The maximum absolute atomic E-state index is 7.80. The number of nitrogens with one attached hydrogen (secondary N) is 1. The first kappa shape index (κ1) is 37.0. The van der Waals surface area contributed by atoms with Crippen LogP contribution in [0.1, 0.15) is 105 Å². The molecule has 0 aliphatic heterocycles. The van der Waals surface area contributed by atoms with Gasteiger partial charge in [-0.2, -0.15) is 11.1 Å². The van der Waals surface area contributed by atoms with E-state index in [1.807, 2.05) is 19.1 Å². The smallest absolute Gasteiger partial charge is 0.675 e. The summed E-state index contributed by atoms with van der Waals surface area (Å²) in [7, 11) is 0. The third-order valence-electron chi connectivity index (χ3n) is 5.67. The Morgan fingerprint density at radius 1 is 0.867 bits per heavy atom. The van der Waals surface area contributed by atoms with E-state index in [0.717, 1.165) is 12.8 Å². The normalized spacial score (nSPS) is 20.3. The molecule has 0 radical (unpaired) electrons. The van der Waals surface area contributed by atoms with Gasteiger partial charge in [0.25, 0.3) is 0 Å². The molecule has 0 bridgehead atoms. The van der Waals surface area contributed by atoms with Gasteiger partial charge in [0.1, 0.15) is 0 Å². The van der Waals surface area contributed by atoms with Crippen molar-refractivity contribution in [1.82, 2.24) is 0 Å². The molecule has 1 atom stereocenters. The number of rotatable bonds is 1. The quantitative estimate of drug-likeness (QED) is 0.216. The first-order valence-corrected chi connectivity index (χ1v) is 11.2. The second kappa shape index (κ2) is 24.9. The van der Waals surface area contributed by atoms with E-state index in [9.17, 15) is 0 Å². The predicted molar refractivity (Wildman–Crippen MR) is 137 cm³/mol. The van der Waals surface area contributed by atoms with Crippen LogP contribution >= 0.6 is 0 Å². The minimum absolute atomic E-state index is 0. The third kappa shape index (κ3) is 19.6. The first-order valence-electron chi connectivity index (χ1n) is 11.2. The Balaban J connectivity index is -0.000000176. The molecule has 0 aromatic carbocycles. The van der Waals surface area contributed by atoms with Crippen molar-refractivity contribution < 1.29 is 21.7 Å². The van der Waals surface area contributed by atoms with Gasteiger partial charge in [0.05, 0.1) is 0 Å². The molecule has 0 heterocycles. The van der Waals surface area contributed by atoms with Gasteiger partial charge in [-0.15, -0.1) is 13.0 Å². The van der Waals surface area contributed by atoms with Crippen molar-refractivity contribution in [2.24, 2.45) is 5.92 Å². The van der Waals surface area contributed by atoms with Gasteiger partial charge < -0.3 is 20.6 Å². The molecule has 0 aromatic heterocycles. The summed E-state index contributed by atoms with van der Waals surface area (Å²) in [5.41, 5.74) is 12.0. The zero-order chi connectivity index (χ0) is 20.5. The van der Waals surface area contributed by atoms with Crippen LogP contribution in [0.25, 0.3) is 5.73 Å². The Hall–Kier alpha value is -0.366. The van der Waals surface area contributed by atoms with Crippen molar-refractivity contribution in [3.05, 3.63) is 68.2 Å². The van der Waals surface area contributed by atoms with Crippen LogP contribution in [0.2, 0.25) is 0 Å². The second-order valence-electron chi connectivity index (χ2n) is 8.02. The van der Waals surface area contributed by atoms with Gasteiger partial charge in [0.15, 0.2) is 0 Å². The molecule has 1 nitrogen and oxygen atoms in total. The van der Waals surface area contributed by atoms with Gasteiger partial charge in [-0.05, 0) is 6.92 Å². The van der Waals surface area contributed by atoms with Crippen molar-refractivity contribution in [3.8, 4) is 0 Å². The molecule has 172 valence electrons. The Morgan fingerprint density at radius 2 is 1.27 bits per heavy atom. The van der Waals surface area contributed by atoms with Gasteiger partial charge >= 0.3 is 21.7 Å². The van der Waals surface area contributed by atoms with Crippen molar-refractivity contribution in [2.45, 2.75) is 111 Å². The zero-order valence-electron chi connectivity index (χ0n) is 21.4. The third-order valence-corrected chi connectivity index (χ3v) is 5.67. The van der Waals surface area contributed by atoms with Gasteiger partial charge in [0, 0.05) is 0 Å². The van der Waals surface area contributed by atoms with E-state index in [-0.39, 0.29) is 42.6 Å². The Labute approximate surface area is 206 Å². The average Bonchev–Trinajstić information content (AvgIpc) is 2.85. The zero-order valence-corrected chi connectivity index (χ0v) is 22.9. The number of hydrogen-bond acceptors (Lipinski definition) is 0. The van der Waals surface area contributed by atoms with E-state index in [1.54, 1.807) is 6.08 Å². The maximum atomic E-state index is 7.80. The molecule has 2 aliphatic carbocycles. The van der Waals surface area contributed by atoms with E-state index in [4.69, 9.17) is 5.73 Å². The molecular weight excluding hydrogens is 398 g/mol. The number of hydrogen-bond donors (Lipinski definition) is 0. The van der Waals surface area contributed by atoms with Crippen LogP contribution in [-0.2, 0) is 21.7 Å². The van der Waals surface area contributed by atoms with Crippen molar-refractivity contribution >= 4 is 0 Å². The van der Waals surface area contributed by atoms with E-state index in [2.05, 4.69) is 40.3 Å². The fourth-order valence-electron chi connectivity index (χ4n) is 3.46. The molecule has 1 saturated carbocycles. The molecule has 1 unspecified atom stereocenters. The Bertz CT molecular complexity index is 461. The van der Waals surface area contributed by atoms with Crippen LogP contribution in [-0.4, -0.2) is 6.04 Å². The van der Waals surface area contributed by atoms with Crippen LogP contribution in [0.15, 0.2) is 41.5 Å². The molecule has 30 heavy (non-hydrogen) atoms. The van der Waals surface area contributed by atoms with Crippen molar-refractivity contribution in [1.29, 1.82) is 0 Å². The molecule has 1 fully saturated rings. The summed E-state index contributed by atoms with van der Waals surface area (Å²) in [6.07, 6.45) is 23.7. The summed E-state index contributed by atoms with van der Waals surface area (Å²) in [5, 5.41) is 0. The molecule has 0 spiro atoms. The topological polar surface area (TPSA) is 23.8 Å². The van der Waals surface area contributed by atoms with Crippen LogP contribution in [0.5, 0.6) is 0 Å². The molecule has 2 heteroatoms. The molecule has 0 saturated heterocycles. The van der Waals surface area contributed by atoms with Crippen LogP contribution < -0.4 is 0 Å². The summed E-state index contributed by atoms with van der Waals surface area (Å²) in [6, 6.07) is 0.249. The molecular formula is C28H51NTi. The van der Waals surface area contributed by atoms with E-state index >= 15 is 0 Å². The van der Waals surface area contributed by atoms with E-state index in [1.165, 1.54) is 74.5 Å². The van der Waals surface area contributed by atoms with Crippen LogP contribution in [0.3, 0.4) is 0 Å². The Morgan fingerprint density at radius 3 is 1.47 bits per heavy atom. The monoisotopic (exact) mass is 449 g/mol. The molecule has 2 rings (SSSR count). The Kier molecular flexibility index (Phi) is 30.7. The van der Waals surface area contributed by atoms with Gasteiger partial charge in [-0.25, -0.2) is 5.57 Å². The minimum atomic E-state index is 0. The predicted octanol–water partition coefficient (Wildman–Crippen LogP) is 10.1. The van der Waals surface area contributed by atoms with Gasteiger partial charge in [-0.3, -0.25) is 6.08 Å². The second-order valence-corrected chi connectivity index (χ2v) is 8.02. The van der Waals surface area contributed by atoms with E-state index in [0.29, 0.717) is 5.92 Å². The van der Waals surface area contributed by atoms with Gasteiger partial charge in [0.2, 0.25) is 0 Å². The largest absolute Gasteiger partial charge is 4.00 e. The maximum Gasteiger partial charge on any atom is 4.00 e. The van der Waals surface area contributed by atoms with Gasteiger partial charge in [-0.1, -0.05) is 122 Å². The summed E-state index contributed by atoms with van der Waals surface area (Å²) in [6.45, 7) is 14.1. The summed E-state index contributed by atoms with van der Waals surface area (Å²) >= 11 is 0. The van der Waals surface area contributed by atoms with E-state index < -0.39 is 0 Å². The summed E-state index contributed by atoms with van der Waals surface area (Å²) < 4.78 is 0. The molecule has 0 aromatic rings.